The number of hydrogen-bond donors (Lipinski definition) is 3. The molecule has 0 saturated heterocycles. The number of urea groups is 1. The maximum absolute atomic E-state index is 11.0. The number of hydrogen-bond acceptors (Lipinski definition) is 2. The van der Waals surface area contributed by atoms with Crippen molar-refractivity contribution in [3.05, 3.63) is 29.8 Å². The zero-order valence-corrected chi connectivity index (χ0v) is 14.3. The summed E-state index contributed by atoms with van der Waals surface area (Å²) in [6.45, 7) is 11.9. The zero-order valence-electron chi connectivity index (χ0n) is 14.3. The van der Waals surface area contributed by atoms with E-state index in [0.717, 1.165) is 18.7 Å². The van der Waals surface area contributed by atoms with E-state index in [1.54, 1.807) is 7.05 Å². The maximum Gasteiger partial charge on any atom is 0.318 e. The van der Waals surface area contributed by atoms with Gasteiger partial charge in [0.05, 0.1) is 0 Å². The molecule has 21 heavy (non-hydrogen) atoms. The standard InChI is InChI=1S/C10H14N2O.C7H17N/c1-3-8-5-4-6-9(7-8)12-10(13)11-2;1-5-6-8-7(2,3)4/h4-7H,3H2,1-2H3,(H2,11,12,13);8H,5-6H2,1-4H3. The van der Waals surface area contributed by atoms with Gasteiger partial charge in [0.2, 0.25) is 0 Å². The van der Waals surface area contributed by atoms with Gasteiger partial charge in [0.1, 0.15) is 0 Å². The molecule has 0 aromatic heterocycles. The first-order valence-corrected chi connectivity index (χ1v) is 7.65. The molecule has 0 fully saturated rings. The second-order valence-electron chi connectivity index (χ2n) is 5.93. The van der Waals surface area contributed by atoms with Crippen molar-refractivity contribution in [1.29, 1.82) is 0 Å². The van der Waals surface area contributed by atoms with Gasteiger partial charge >= 0.3 is 6.03 Å². The molecule has 4 nitrogen and oxygen atoms in total. The quantitative estimate of drug-likeness (QED) is 0.791. The van der Waals surface area contributed by atoms with Gasteiger partial charge in [-0.25, -0.2) is 4.79 Å². The summed E-state index contributed by atoms with van der Waals surface area (Å²) in [5.74, 6) is 0. The van der Waals surface area contributed by atoms with Gasteiger partial charge in [0.25, 0.3) is 0 Å². The van der Waals surface area contributed by atoms with Crippen LogP contribution in [0.3, 0.4) is 0 Å². The van der Waals surface area contributed by atoms with Crippen LogP contribution in [0.4, 0.5) is 10.5 Å². The second-order valence-corrected chi connectivity index (χ2v) is 5.93. The molecule has 120 valence electrons. The predicted octanol–water partition coefficient (Wildman–Crippen LogP) is 3.78. The fourth-order valence-electron chi connectivity index (χ4n) is 1.56. The third kappa shape index (κ3) is 10.9. The molecule has 4 heteroatoms. The summed E-state index contributed by atoms with van der Waals surface area (Å²) in [4.78, 5) is 11.0. The number of anilines is 1. The molecule has 3 N–H and O–H groups in total. The van der Waals surface area contributed by atoms with E-state index in [1.165, 1.54) is 12.0 Å². The molecule has 0 unspecified atom stereocenters. The lowest BCUT2D eigenvalue weighted by molar-refractivity contribution is 0.254. The Bertz CT molecular complexity index is 411. The molecule has 0 radical (unpaired) electrons. The van der Waals surface area contributed by atoms with E-state index in [9.17, 15) is 4.79 Å². The Kier molecular flexibility index (Phi) is 9.46. The van der Waals surface area contributed by atoms with E-state index < -0.39 is 0 Å². The van der Waals surface area contributed by atoms with E-state index in [0.29, 0.717) is 5.54 Å². The number of rotatable bonds is 4. The van der Waals surface area contributed by atoms with E-state index in [2.05, 4.69) is 50.6 Å². The lowest BCUT2D eigenvalue weighted by Crippen LogP contribution is -2.36. The van der Waals surface area contributed by atoms with Crippen LogP contribution in [0.5, 0.6) is 0 Å². The van der Waals surface area contributed by atoms with Gasteiger partial charge in [-0.05, 0) is 57.9 Å². The molecule has 1 aromatic carbocycles. The van der Waals surface area contributed by atoms with Gasteiger partial charge in [-0.2, -0.15) is 0 Å². The summed E-state index contributed by atoms with van der Waals surface area (Å²) in [6.07, 6.45) is 2.19. The molecule has 0 spiro atoms. The molecule has 0 aliphatic heterocycles. The highest BCUT2D eigenvalue weighted by molar-refractivity contribution is 5.89. The molecule has 2 amide bonds. The molecule has 0 saturated carbocycles. The Morgan fingerprint density at radius 3 is 2.29 bits per heavy atom. The van der Waals surface area contributed by atoms with Crippen LogP contribution in [0.15, 0.2) is 24.3 Å². The first-order valence-electron chi connectivity index (χ1n) is 7.65. The lowest BCUT2D eigenvalue weighted by Gasteiger charge is -2.19. The number of carbonyl (C=O) groups excluding carboxylic acids is 1. The molecule has 0 heterocycles. The summed E-state index contributed by atoms with van der Waals surface area (Å²) in [6, 6.07) is 7.62. The van der Waals surface area contributed by atoms with Crippen molar-refractivity contribution in [3.8, 4) is 0 Å². The Morgan fingerprint density at radius 1 is 1.19 bits per heavy atom. The van der Waals surface area contributed by atoms with Crippen molar-refractivity contribution in [2.45, 2.75) is 53.0 Å². The van der Waals surface area contributed by atoms with Gasteiger partial charge in [-0.3, -0.25) is 0 Å². The summed E-state index contributed by atoms with van der Waals surface area (Å²) in [5.41, 5.74) is 2.35. The maximum atomic E-state index is 11.0. The molecular formula is C17H31N3O. The van der Waals surface area contributed by atoms with Crippen LogP contribution < -0.4 is 16.0 Å². The molecule has 1 aromatic rings. The summed E-state index contributed by atoms with van der Waals surface area (Å²) in [5, 5.41) is 8.59. The van der Waals surface area contributed by atoms with Crippen LogP contribution in [0.2, 0.25) is 0 Å². The van der Waals surface area contributed by atoms with Crippen LogP contribution in [0.1, 0.15) is 46.6 Å². The Morgan fingerprint density at radius 2 is 1.86 bits per heavy atom. The zero-order chi connectivity index (χ0) is 16.3. The van der Waals surface area contributed by atoms with Crippen LogP contribution in [-0.4, -0.2) is 25.2 Å². The smallest absolute Gasteiger partial charge is 0.318 e. The summed E-state index contributed by atoms with van der Waals surface area (Å²) >= 11 is 0. The molecular weight excluding hydrogens is 262 g/mol. The van der Waals surface area contributed by atoms with Crippen molar-refractivity contribution in [1.82, 2.24) is 10.6 Å². The van der Waals surface area contributed by atoms with Crippen LogP contribution >= 0.6 is 0 Å². The number of benzene rings is 1. The summed E-state index contributed by atoms with van der Waals surface area (Å²) < 4.78 is 0. The topological polar surface area (TPSA) is 53.2 Å². The number of carbonyl (C=O) groups is 1. The van der Waals surface area contributed by atoms with Gasteiger partial charge in [0.15, 0.2) is 0 Å². The minimum atomic E-state index is -0.187. The highest BCUT2D eigenvalue weighted by Gasteiger charge is 2.05. The van der Waals surface area contributed by atoms with Crippen molar-refractivity contribution >= 4 is 11.7 Å². The average Bonchev–Trinajstić information content (AvgIpc) is 2.45. The molecule has 0 aliphatic rings. The minimum Gasteiger partial charge on any atom is -0.341 e. The second kappa shape index (κ2) is 10.2. The van der Waals surface area contributed by atoms with Crippen LogP contribution in [-0.2, 0) is 6.42 Å². The van der Waals surface area contributed by atoms with Crippen molar-refractivity contribution < 1.29 is 4.79 Å². The Hall–Kier alpha value is -1.55. The molecule has 0 atom stereocenters. The largest absolute Gasteiger partial charge is 0.341 e. The molecule has 0 aliphatic carbocycles. The molecule has 1 rings (SSSR count). The summed E-state index contributed by atoms with van der Waals surface area (Å²) in [7, 11) is 1.60. The SMILES string of the molecule is CCCNC(C)(C)C.CCc1cccc(NC(=O)NC)c1. The first kappa shape index (κ1) is 19.4. The average molecular weight is 293 g/mol. The Balaban J connectivity index is 0.000000433. The van der Waals surface area contributed by atoms with Crippen molar-refractivity contribution in [2.75, 3.05) is 18.9 Å². The third-order valence-corrected chi connectivity index (χ3v) is 2.73. The highest BCUT2D eigenvalue weighted by atomic mass is 16.2. The van der Waals surface area contributed by atoms with Gasteiger partial charge in [-0.1, -0.05) is 26.0 Å². The van der Waals surface area contributed by atoms with Crippen LogP contribution in [0.25, 0.3) is 0 Å². The highest BCUT2D eigenvalue weighted by Crippen LogP contribution is 2.10. The molecule has 0 bridgehead atoms. The van der Waals surface area contributed by atoms with Crippen molar-refractivity contribution in [2.24, 2.45) is 0 Å². The lowest BCUT2D eigenvalue weighted by atomic mass is 10.1. The number of aryl methyl sites for hydroxylation is 1. The van der Waals surface area contributed by atoms with Gasteiger partial charge in [0, 0.05) is 18.3 Å². The van der Waals surface area contributed by atoms with Gasteiger partial charge in [-0.15, -0.1) is 0 Å². The predicted molar refractivity (Wildman–Crippen MR) is 91.9 cm³/mol. The van der Waals surface area contributed by atoms with E-state index >= 15 is 0 Å². The Labute approximate surface area is 129 Å². The minimum absolute atomic E-state index is 0.187. The third-order valence-electron chi connectivity index (χ3n) is 2.73. The van der Waals surface area contributed by atoms with Crippen LogP contribution in [0, 0.1) is 0 Å². The van der Waals surface area contributed by atoms with Crippen molar-refractivity contribution in [3.63, 3.8) is 0 Å². The number of amides is 2. The normalized spacial score (nSPS) is 10.4. The monoisotopic (exact) mass is 293 g/mol. The van der Waals surface area contributed by atoms with E-state index in [1.807, 2.05) is 24.3 Å². The first-order chi connectivity index (χ1) is 9.82. The van der Waals surface area contributed by atoms with E-state index in [-0.39, 0.29) is 6.03 Å². The number of nitrogens with one attached hydrogen (secondary N) is 3. The van der Waals surface area contributed by atoms with Gasteiger partial charge < -0.3 is 16.0 Å². The fourth-order valence-corrected chi connectivity index (χ4v) is 1.56. The van der Waals surface area contributed by atoms with E-state index in [4.69, 9.17) is 0 Å². The fraction of sp³-hybridized carbons (Fsp3) is 0.588.